The Balaban J connectivity index is 0.00000144. The number of aromatic carboxylic acids is 1. The van der Waals surface area contributed by atoms with E-state index in [9.17, 15) is 14.4 Å². The van der Waals surface area contributed by atoms with E-state index in [0.717, 1.165) is 4.90 Å². The summed E-state index contributed by atoms with van der Waals surface area (Å²) in [5, 5.41) is 8.69. The Labute approximate surface area is 147 Å². The Morgan fingerprint density at radius 1 is 0.944 bits per heavy atom. The molecule has 1 aliphatic rings. The van der Waals surface area contributed by atoms with Crippen LogP contribution in [0.3, 0.4) is 0 Å². The summed E-state index contributed by atoms with van der Waals surface area (Å²) in [5.74, 6) is -1.90. The average molecular weight is 265 g/mol. The standard InChI is InChI=1S/C11H7NO4.2Na.2H/c13-9-5-6-10(14)12(9)8-3-1-7(2-4-8)11(15)16;;;;/h1-6H,(H,15,16);;;;. The second-order valence-electron chi connectivity index (χ2n) is 3.20. The van der Waals surface area contributed by atoms with E-state index >= 15 is 0 Å². The van der Waals surface area contributed by atoms with Gasteiger partial charge in [-0.15, -0.1) is 0 Å². The van der Waals surface area contributed by atoms with E-state index in [1.165, 1.54) is 36.4 Å². The van der Waals surface area contributed by atoms with Gasteiger partial charge in [0.05, 0.1) is 11.3 Å². The molecule has 2 amide bonds. The normalized spacial score (nSPS) is 13.0. The summed E-state index contributed by atoms with van der Waals surface area (Å²) < 4.78 is 0. The first-order valence-corrected chi connectivity index (χ1v) is 4.49. The molecule has 1 aromatic carbocycles. The number of nitrogens with zero attached hydrogens (tertiary/aromatic N) is 1. The number of carbonyl (C=O) groups excluding carboxylic acids is 2. The van der Waals surface area contributed by atoms with Gasteiger partial charge in [0.1, 0.15) is 0 Å². The van der Waals surface area contributed by atoms with Gasteiger partial charge in [-0.1, -0.05) is 0 Å². The molecule has 2 rings (SSSR count). The Morgan fingerprint density at radius 3 is 1.78 bits per heavy atom. The minimum atomic E-state index is -1.05. The van der Waals surface area contributed by atoms with Gasteiger partial charge in [-0.2, -0.15) is 0 Å². The van der Waals surface area contributed by atoms with Crippen molar-refractivity contribution < 1.29 is 19.5 Å². The van der Waals surface area contributed by atoms with Gasteiger partial charge in [-0.3, -0.25) is 9.59 Å². The zero-order chi connectivity index (χ0) is 11.7. The average Bonchev–Trinajstić information content (AvgIpc) is 2.59. The number of anilines is 1. The number of hydrogen-bond donors (Lipinski definition) is 1. The summed E-state index contributed by atoms with van der Waals surface area (Å²) in [7, 11) is 0. The van der Waals surface area contributed by atoms with Crippen LogP contribution in [0.25, 0.3) is 0 Å². The molecule has 1 N–H and O–H groups in total. The molecule has 0 saturated heterocycles. The molecule has 1 aromatic rings. The number of benzene rings is 1. The van der Waals surface area contributed by atoms with Crippen LogP contribution in [0.2, 0.25) is 0 Å². The molecular formula is C11H9NNa2O4. The molecule has 1 heterocycles. The molecule has 0 unspecified atom stereocenters. The van der Waals surface area contributed by atoms with Gasteiger partial charge in [-0.05, 0) is 24.3 Å². The maximum atomic E-state index is 11.3. The number of imide groups is 1. The molecule has 0 saturated carbocycles. The summed E-state index contributed by atoms with van der Waals surface area (Å²) in [6.07, 6.45) is 2.35. The number of carbonyl (C=O) groups is 3. The van der Waals surface area contributed by atoms with Gasteiger partial charge >= 0.3 is 65.1 Å². The van der Waals surface area contributed by atoms with Crippen LogP contribution in [-0.4, -0.2) is 82.0 Å². The molecule has 0 spiro atoms. The van der Waals surface area contributed by atoms with E-state index in [2.05, 4.69) is 0 Å². The molecule has 0 fully saturated rings. The van der Waals surface area contributed by atoms with E-state index in [4.69, 9.17) is 5.11 Å². The fourth-order valence-corrected chi connectivity index (χ4v) is 1.41. The fraction of sp³-hybridized carbons (Fsp3) is 0. The molecule has 5 nitrogen and oxygen atoms in total. The zero-order valence-corrected chi connectivity index (χ0v) is 8.08. The van der Waals surface area contributed by atoms with Crippen molar-refractivity contribution in [2.75, 3.05) is 4.90 Å². The van der Waals surface area contributed by atoms with E-state index < -0.39 is 17.8 Å². The van der Waals surface area contributed by atoms with Crippen molar-refractivity contribution in [1.82, 2.24) is 0 Å². The van der Waals surface area contributed by atoms with Crippen molar-refractivity contribution in [3.8, 4) is 0 Å². The van der Waals surface area contributed by atoms with Gasteiger partial charge in [0, 0.05) is 12.2 Å². The summed E-state index contributed by atoms with van der Waals surface area (Å²) in [6, 6.07) is 5.53. The molecule has 84 valence electrons. The predicted molar refractivity (Wildman–Crippen MR) is 69.3 cm³/mol. The Hall–Kier alpha value is -0.430. The first kappa shape index (κ1) is 17.6. The number of carboxylic acid groups (broad SMARTS) is 1. The van der Waals surface area contributed by atoms with Crippen molar-refractivity contribution in [2.45, 2.75) is 0 Å². The first-order valence-electron chi connectivity index (χ1n) is 4.49. The molecule has 0 radical (unpaired) electrons. The van der Waals surface area contributed by atoms with Crippen LogP contribution < -0.4 is 4.90 Å². The topological polar surface area (TPSA) is 74.7 Å². The van der Waals surface area contributed by atoms with E-state index in [0.29, 0.717) is 5.69 Å². The third-order valence-electron chi connectivity index (χ3n) is 2.18. The fourth-order valence-electron chi connectivity index (χ4n) is 1.41. The Bertz CT molecular complexity index is 492. The van der Waals surface area contributed by atoms with Crippen LogP contribution in [0.4, 0.5) is 5.69 Å². The molecule has 0 aliphatic carbocycles. The molecule has 7 heteroatoms. The molecule has 0 atom stereocenters. The van der Waals surface area contributed by atoms with Gasteiger partial charge in [0.15, 0.2) is 0 Å². The number of amides is 2. The van der Waals surface area contributed by atoms with Crippen molar-refractivity contribution in [1.29, 1.82) is 0 Å². The Morgan fingerprint density at radius 2 is 1.39 bits per heavy atom. The second-order valence-corrected chi connectivity index (χ2v) is 3.20. The molecule has 18 heavy (non-hydrogen) atoms. The Kier molecular flexibility index (Phi) is 7.06. The van der Waals surface area contributed by atoms with Crippen molar-refractivity contribution in [3.63, 3.8) is 0 Å². The van der Waals surface area contributed by atoms with Gasteiger partial charge in [0.2, 0.25) is 0 Å². The van der Waals surface area contributed by atoms with Crippen LogP contribution >= 0.6 is 0 Å². The number of carboxylic acids is 1. The van der Waals surface area contributed by atoms with Gasteiger partial charge in [-0.25, -0.2) is 9.69 Å². The summed E-state index contributed by atoms with van der Waals surface area (Å²) >= 11 is 0. The third-order valence-corrected chi connectivity index (χ3v) is 2.18. The minimum absolute atomic E-state index is 0. The van der Waals surface area contributed by atoms with Crippen molar-refractivity contribution in [3.05, 3.63) is 42.0 Å². The van der Waals surface area contributed by atoms with E-state index in [1.807, 2.05) is 0 Å². The third kappa shape index (κ3) is 3.54. The summed E-state index contributed by atoms with van der Waals surface area (Å²) in [4.78, 5) is 34.2. The number of rotatable bonds is 2. The van der Waals surface area contributed by atoms with Gasteiger partial charge < -0.3 is 5.11 Å². The monoisotopic (exact) mass is 265 g/mol. The summed E-state index contributed by atoms with van der Waals surface area (Å²) in [5.41, 5.74) is 0.473. The quantitative estimate of drug-likeness (QED) is 0.579. The van der Waals surface area contributed by atoms with Crippen molar-refractivity contribution in [2.24, 2.45) is 0 Å². The molecular weight excluding hydrogens is 256 g/mol. The predicted octanol–water partition coefficient (Wildman–Crippen LogP) is -0.483. The molecule has 1 aliphatic heterocycles. The van der Waals surface area contributed by atoms with Crippen LogP contribution in [0.15, 0.2) is 36.4 Å². The van der Waals surface area contributed by atoms with Crippen molar-refractivity contribution >= 4 is 82.6 Å². The second kappa shape index (κ2) is 7.23. The van der Waals surface area contributed by atoms with E-state index in [-0.39, 0.29) is 64.7 Å². The zero-order valence-electron chi connectivity index (χ0n) is 8.08. The van der Waals surface area contributed by atoms with Crippen LogP contribution in [-0.2, 0) is 9.59 Å². The maximum absolute atomic E-state index is 11.3. The SMILES string of the molecule is O=C(O)c1ccc(N2C(=O)C=CC2=O)cc1.[NaH].[NaH]. The number of hydrogen-bond acceptors (Lipinski definition) is 3. The molecule has 0 bridgehead atoms. The first-order chi connectivity index (χ1) is 7.59. The van der Waals surface area contributed by atoms with Crippen LogP contribution in [0.1, 0.15) is 10.4 Å². The van der Waals surface area contributed by atoms with Crippen LogP contribution in [0.5, 0.6) is 0 Å². The summed E-state index contributed by atoms with van der Waals surface area (Å²) in [6.45, 7) is 0. The molecule has 0 aromatic heterocycles. The van der Waals surface area contributed by atoms with E-state index in [1.54, 1.807) is 0 Å². The van der Waals surface area contributed by atoms with Gasteiger partial charge in [0.25, 0.3) is 11.8 Å². The van der Waals surface area contributed by atoms with Crippen LogP contribution in [0, 0.1) is 0 Å².